The van der Waals surface area contributed by atoms with Crippen LogP contribution in [0.3, 0.4) is 0 Å². The standard InChI is InChI=1S/C64H129O9P/c1-3-5-7-9-11-13-15-17-19-21-23-25-26-27-28-29-30-31-32-33-34-35-36-37-38-40-42-44-46-48-50-52-54-56-64(67)73-63(61-72-74(68,69)71-59-62(66)58-65)60-70-57-55-53-51-49-47-45-43-41-39-24-22-20-18-16-14-12-10-8-6-4-2/h62-63,65-66H,3-61H2,1-2H3,(H,68,69)/t62-,63+/m0/s1. The molecule has 0 bridgehead atoms. The van der Waals surface area contributed by atoms with Crippen molar-refractivity contribution in [1.29, 1.82) is 0 Å². The summed E-state index contributed by atoms with van der Waals surface area (Å²) in [4.78, 5) is 22.8. The zero-order chi connectivity index (χ0) is 53.8. The lowest BCUT2D eigenvalue weighted by atomic mass is 10.0. The Morgan fingerprint density at radius 2 is 0.608 bits per heavy atom. The summed E-state index contributed by atoms with van der Waals surface area (Å²) >= 11 is 0. The summed E-state index contributed by atoms with van der Waals surface area (Å²) in [5.41, 5.74) is 0. The van der Waals surface area contributed by atoms with E-state index in [4.69, 9.17) is 23.6 Å². The average Bonchev–Trinajstić information content (AvgIpc) is 3.39. The third kappa shape index (κ3) is 60.7. The molecule has 0 aromatic heterocycles. The van der Waals surface area contributed by atoms with Crippen molar-refractivity contribution < 1.29 is 43.0 Å². The zero-order valence-electron chi connectivity index (χ0n) is 49.6. The molecule has 0 radical (unpaired) electrons. The molecule has 0 aliphatic carbocycles. The van der Waals surface area contributed by atoms with Gasteiger partial charge in [-0.3, -0.25) is 13.8 Å². The van der Waals surface area contributed by atoms with Crippen molar-refractivity contribution in [2.45, 2.75) is 373 Å². The van der Waals surface area contributed by atoms with Crippen molar-refractivity contribution in [3.63, 3.8) is 0 Å². The molecular formula is C64H129O9P. The van der Waals surface area contributed by atoms with Gasteiger partial charge in [-0.1, -0.05) is 341 Å². The molecule has 0 aliphatic rings. The first-order chi connectivity index (χ1) is 36.3. The molecule has 9 nitrogen and oxygen atoms in total. The van der Waals surface area contributed by atoms with Crippen LogP contribution in [-0.2, 0) is 27.9 Å². The van der Waals surface area contributed by atoms with Crippen molar-refractivity contribution in [2.24, 2.45) is 0 Å². The van der Waals surface area contributed by atoms with Gasteiger partial charge in [0.25, 0.3) is 0 Å². The largest absolute Gasteiger partial charge is 0.472 e. The average molecular weight is 1070 g/mol. The maximum Gasteiger partial charge on any atom is 0.472 e. The number of phosphoric acid groups is 1. The second-order valence-corrected chi connectivity index (χ2v) is 24.3. The molecule has 3 atom stereocenters. The zero-order valence-corrected chi connectivity index (χ0v) is 50.5. The van der Waals surface area contributed by atoms with Gasteiger partial charge in [-0.25, -0.2) is 4.57 Å². The van der Waals surface area contributed by atoms with E-state index in [1.807, 2.05) is 0 Å². The van der Waals surface area contributed by atoms with E-state index in [0.29, 0.717) is 6.61 Å². The van der Waals surface area contributed by atoms with Crippen LogP contribution in [0.2, 0.25) is 0 Å². The van der Waals surface area contributed by atoms with Crippen LogP contribution in [0.5, 0.6) is 0 Å². The van der Waals surface area contributed by atoms with Crippen LogP contribution < -0.4 is 0 Å². The van der Waals surface area contributed by atoms with Gasteiger partial charge in [0.15, 0.2) is 0 Å². The van der Waals surface area contributed by atoms with Crippen LogP contribution in [0, 0.1) is 0 Å². The fraction of sp³-hybridized carbons (Fsp3) is 0.984. The van der Waals surface area contributed by atoms with Crippen LogP contribution in [0.25, 0.3) is 0 Å². The minimum Gasteiger partial charge on any atom is -0.457 e. The number of rotatable bonds is 65. The number of aliphatic hydroxyl groups is 2. The Morgan fingerprint density at radius 1 is 0.365 bits per heavy atom. The molecule has 0 aromatic carbocycles. The van der Waals surface area contributed by atoms with Crippen LogP contribution in [0.1, 0.15) is 361 Å². The number of ether oxygens (including phenoxy) is 2. The third-order valence-corrected chi connectivity index (χ3v) is 16.2. The fourth-order valence-electron chi connectivity index (χ4n) is 10.3. The molecular weight excluding hydrogens is 944 g/mol. The highest BCUT2D eigenvalue weighted by atomic mass is 31.2. The molecule has 0 heterocycles. The molecule has 0 aliphatic heterocycles. The Labute approximate surface area is 460 Å². The summed E-state index contributed by atoms with van der Waals surface area (Å²) < 4.78 is 33.7. The Kier molecular flexibility index (Phi) is 61.2. The van der Waals surface area contributed by atoms with Gasteiger partial charge in [0.05, 0.1) is 26.4 Å². The predicted molar refractivity (Wildman–Crippen MR) is 316 cm³/mol. The Hall–Kier alpha value is -0.540. The lowest BCUT2D eigenvalue weighted by Crippen LogP contribution is -2.29. The van der Waals surface area contributed by atoms with E-state index in [1.165, 1.54) is 308 Å². The summed E-state index contributed by atoms with van der Waals surface area (Å²) in [6, 6.07) is 0. The number of phosphoric ester groups is 1. The van der Waals surface area contributed by atoms with Crippen molar-refractivity contribution in [1.82, 2.24) is 0 Å². The summed E-state index contributed by atoms with van der Waals surface area (Å²) in [6.07, 6.45) is 69.8. The first-order valence-electron chi connectivity index (χ1n) is 33.0. The van der Waals surface area contributed by atoms with Crippen molar-refractivity contribution in [3.8, 4) is 0 Å². The molecule has 0 amide bonds. The number of hydrogen-bond acceptors (Lipinski definition) is 8. The minimum absolute atomic E-state index is 0.0593. The predicted octanol–water partition coefficient (Wildman–Crippen LogP) is 20.5. The number of carbonyl (C=O) groups excluding carboxylic acids is 1. The van der Waals surface area contributed by atoms with Gasteiger partial charge in [-0.05, 0) is 12.8 Å². The Balaban J connectivity index is 3.82. The normalized spacial score (nSPS) is 13.4. The smallest absolute Gasteiger partial charge is 0.457 e. The number of unbranched alkanes of at least 4 members (excludes halogenated alkanes) is 51. The highest BCUT2D eigenvalue weighted by Crippen LogP contribution is 2.43. The molecule has 0 saturated heterocycles. The molecule has 0 aromatic rings. The van der Waals surface area contributed by atoms with E-state index in [-0.39, 0.29) is 25.6 Å². The van der Waals surface area contributed by atoms with Crippen molar-refractivity contribution >= 4 is 13.8 Å². The van der Waals surface area contributed by atoms with Gasteiger partial charge < -0.3 is 24.6 Å². The van der Waals surface area contributed by atoms with Gasteiger partial charge in [0.2, 0.25) is 0 Å². The third-order valence-electron chi connectivity index (χ3n) is 15.3. The minimum atomic E-state index is -4.52. The maximum absolute atomic E-state index is 12.8. The van der Waals surface area contributed by atoms with Crippen LogP contribution in [-0.4, -0.2) is 66.3 Å². The topological polar surface area (TPSA) is 132 Å². The van der Waals surface area contributed by atoms with Crippen molar-refractivity contribution in [2.75, 3.05) is 33.0 Å². The molecule has 444 valence electrons. The number of carbonyl (C=O) groups is 1. The monoisotopic (exact) mass is 1070 g/mol. The first kappa shape index (κ1) is 73.5. The van der Waals surface area contributed by atoms with Gasteiger partial charge in [0, 0.05) is 13.0 Å². The second kappa shape index (κ2) is 61.7. The molecule has 1 unspecified atom stereocenters. The van der Waals surface area contributed by atoms with Gasteiger partial charge in [-0.2, -0.15) is 0 Å². The van der Waals surface area contributed by atoms with E-state index in [2.05, 4.69) is 13.8 Å². The van der Waals surface area contributed by atoms with Gasteiger partial charge >= 0.3 is 13.8 Å². The van der Waals surface area contributed by atoms with E-state index in [9.17, 15) is 19.4 Å². The van der Waals surface area contributed by atoms with Crippen LogP contribution in [0.4, 0.5) is 0 Å². The number of hydrogen-bond donors (Lipinski definition) is 3. The summed E-state index contributed by atoms with van der Waals surface area (Å²) in [6.45, 7) is 3.64. The molecule has 3 N–H and O–H groups in total. The van der Waals surface area contributed by atoms with E-state index >= 15 is 0 Å². The lowest BCUT2D eigenvalue weighted by Gasteiger charge is -2.20. The summed E-state index contributed by atoms with van der Waals surface area (Å²) in [5.74, 6) is -0.369. The maximum atomic E-state index is 12.8. The highest BCUT2D eigenvalue weighted by molar-refractivity contribution is 7.47. The fourth-order valence-corrected chi connectivity index (χ4v) is 11.1. The Bertz CT molecular complexity index is 1130. The van der Waals surface area contributed by atoms with Crippen LogP contribution in [0.15, 0.2) is 0 Å². The quantitative estimate of drug-likeness (QED) is 0.0309. The highest BCUT2D eigenvalue weighted by Gasteiger charge is 2.26. The molecule has 74 heavy (non-hydrogen) atoms. The SMILES string of the molecule is CCCCCCCCCCCCCCCCCCCCCCCCCCCCCCCCCCCC(=O)O[C@H](COCCCCCCCCCCCCCCCCCCCCCC)COP(=O)(O)OC[C@@H](O)CO. The number of aliphatic hydroxyl groups excluding tert-OH is 2. The van der Waals surface area contributed by atoms with E-state index < -0.39 is 33.2 Å². The Morgan fingerprint density at radius 3 is 0.878 bits per heavy atom. The molecule has 0 fully saturated rings. The van der Waals surface area contributed by atoms with Gasteiger partial charge in [-0.15, -0.1) is 0 Å². The molecule has 0 rings (SSSR count). The van der Waals surface area contributed by atoms with Gasteiger partial charge in [0.1, 0.15) is 12.2 Å². The molecule has 10 heteroatoms. The van der Waals surface area contributed by atoms with E-state index in [0.717, 1.165) is 32.1 Å². The van der Waals surface area contributed by atoms with Crippen LogP contribution >= 0.6 is 7.82 Å². The number of esters is 1. The lowest BCUT2D eigenvalue weighted by molar-refractivity contribution is -0.154. The summed E-state index contributed by atoms with van der Waals surface area (Å²) in [7, 11) is -4.52. The second-order valence-electron chi connectivity index (χ2n) is 22.9. The van der Waals surface area contributed by atoms with E-state index in [1.54, 1.807) is 0 Å². The summed E-state index contributed by atoms with van der Waals surface area (Å²) in [5, 5.41) is 18.5. The van der Waals surface area contributed by atoms with Crippen molar-refractivity contribution in [3.05, 3.63) is 0 Å². The molecule has 0 spiro atoms. The first-order valence-corrected chi connectivity index (χ1v) is 34.5. The molecule has 0 saturated carbocycles.